The molecule has 2 aromatic rings. The lowest BCUT2D eigenvalue weighted by molar-refractivity contribution is -0.274. The number of anilines is 1. The standard InChI is InChI=1S/C19H22F3N3O4S/c1-12-16(18(26)25-10-4-5-11-25)17(13(2)24(12)3)30(27,28)23-14-6-8-15(9-7-14)29-19(20,21)22/h6-9,23H,4-5,10-11H2,1-3H3. The molecule has 164 valence electrons. The van der Waals surface area contributed by atoms with Crippen molar-refractivity contribution >= 4 is 21.6 Å². The minimum atomic E-state index is -4.84. The van der Waals surface area contributed by atoms with Gasteiger partial charge in [0, 0.05) is 37.2 Å². The number of halogens is 3. The minimum absolute atomic E-state index is 0.0463. The summed E-state index contributed by atoms with van der Waals surface area (Å²) >= 11 is 0. The predicted molar refractivity (Wildman–Crippen MR) is 104 cm³/mol. The van der Waals surface area contributed by atoms with Gasteiger partial charge in [0.05, 0.1) is 5.56 Å². The monoisotopic (exact) mass is 445 g/mol. The first-order valence-corrected chi connectivity index (χ1v) is 10.7. The number of nitrogens with one attached hydrogen (secondary N) is 1. The Morgan fingerprint density at radius 3 is 2.17 bits per heavy atom. The van der Waals surface area contributed by atoms with Gasteiger partial charge in [0.15, 0.2) is 0 Å². The lowest BCUT2D eigenvalue weighted by Gasteiger charge is -2.17. The second-order valence-electron chi connectivity index (χ2n) is 7.11. The molecule has 1 N–H and O–H groups in total. The van der Waals surface area contributed by atoms with Crippen molar-refractivity contribution in [3.63, 3.8) is 0 Å². The Labute approximate surface area is 172 Å². The number of nitrogens with zero attached hydrogens (tertiary/aromatic N) is 2. The Morgan fingerprint density at radius 2 is 1.63 bits per heavy atom. The van der Waals surface area contributed by atoms with Crippen molar-refractivity contribution in [2.45, 2.75) is 37.9 Å². The summed E-state index contributed by atoms with van der Waals surface area (Å²) in [5.41, 5.74) is 1.07. The third-order valence-corrected chi connectivity index (χ3v) is 6.68. The third-order valence-electron chi connectivity index (χ3n) is 5.14. The molecule has 0 spiro atoms. The number of aromatic nitrogens is 1. The van der Waals surface area contributed by atoms with Crippen molar-refractivity contribution in [2.75, 3.05) is 17.8 Å². The molecule has 0 saturated carbocycles. The first kappa shape index (κ1) is 22.0. The van der Waals surface area contributed by atoms with E-state index in [9.17, 15) is 26.4 Å². The molecular formula is C19H22F3N3O4S. The van der Waals surface area contributed by atoms with Gasteiger partial charge in [-0.05, 0) is 51.0 Å². The number of benzene rings is 1. The van der Waals surface area contributed by atoms with Crippen LogP contribution in [-0.4, -0.2) is 43.2 Å². The number of sulfonamides is 1. The SMILES string of the molecule is Cc1c(C(=O)N2CCCC2)c(S(=O)(=O)Nc2ccc(OC(F)(F)F)cc2)c(C)n1C. The molecule has 0 bridgehead atoms. The highest BCUT2D eigenvalue weighted by Crippen LogP contribution is 2.31. The van der Waals surface area contributed by atoms with Gasteiger partial charge < -0.3 is 14.2 Å². The largest absolute Gasteiger partial charge is 0.573 e. The van der Waals surface area contributed by atoms with Gasteiger partial charge in [0.2, 0.25) is 0 Å². The van der Waals surface area contributed by atoms with Crippen LogP contribution < -0.4 is 9.46 Å². The van der Waals surface area contributed by atoms with Gasteiger partial charge in [-0.25, -0.2) is 8.42 Å². The van der Waals surface area contributed by atoms with Crippen LogP contribution in [-0.2, 0) is 17.1 Å². The fourth-order valence-electron chi connectivity index (χ4n) is 3.51. The Kier molecular flexibility index (Phi) is 5.76. The summed E-state index contributed by atoms with van der Waals surface area (Å²) in [5, 5.41) is 0. The minimum Gasteiger partial charge on any atom is -0.406 e. The van der Waals surface area contributed by atoms with Crippen LogP contribution in [0.15, 0.2) is 29.2 Å². The number of hydrogen-bond donors (Lipinski definition) is 1. The zero-order valence-corrected chi connectivity index (χ0v) is 17.5. The van der Waals surface area contributed by atoms with Crippen molar-refractivity contribution in [1.29, 1.82) is 0 Å². The zero-order valence-electron chi connectivity index (χ0n) is 16.7. The maximum absolute atomic E-state index is 13.1. The molecule has 3 rings (SSSR count). The van der Waals surface area contributed by atoms with E-state index in [0.717, 1.165) is 37.1 Å². The van der Waals surface area contributed by atoms with Crippen LogP contribution in [0.4, 0.5) is 18.9 Å². The molecule has 1 aliphatic rings. The Hall–Kier alpha value is -2.69. The zero-order chi connectivity index (χ0) is 22.3. The van der Waals surface area contributed by atoms with E-state index in [1.54, 1.807) is 30.4 Å². The van der Waals surface area contributed by atoms with Crippen molar-refractivity contribution in [1.82, 2.24) is 9.47 Å². The molecule has 1 fully saturated rings. The highest BCUT2D eigenvalue weighted by molar-refractivity contribution is 7.92. The maximum Gasteiger partial charge on any atom is 0.573 e. The van der Waals surface area contributed by atoms with Crippen LogP contribution in [0.25, 0.3) is 0 Å². The molecule has 1 aliphatic heterocycles. The fourth-order valence-corrected chi connectivity index (χ4v) is 5.08. The number of amides is 1. The smallest absolute Gasteiger partial charge is 0.406 e. The van der Waals surface area contributed by atoms with Crippen molar-refractivity contribution in [2.24, 2.45) is 7.05 Å². The first-order chi connectivity index (χ1) is 13.9. The van der Waals surface area contributed by atoms with Crippen LogP contribution in [0, 0.1) is 13.8 Å². The van der Waals surface area contributed by atoms with Crippen molar-refractivity contribution in [3.8, 4) is 5.75 Å². The summed E-state index contributed by atoms with van der Waals surface area (Å²) in [7, 11) is -2.51. The Morgan fingerprint density at radius 1 is 1.07 bits per heavy atom. The summed E-state index contributed by atoms with van der Waals surface area (Å²) in [6.07, 6.45) is -3.11. The number of likely N-dealkylation sites (tertiary alicyclic amines) is 1. The van der Waals surface area contributed by atoms with E-state index in [-0.39, 0.29) is 22.1 Å². The summed E-state index contributed by atoms with van der Waals surface area (Å²) in [6.45, 7) is 4.42. The van der Waals surface area contributed by atoms with Crippen LogP contribution in [0.5, 0.6) is 5.75 Å². The van der Waals surface area contributed by atoms with Gasteiger partial charge in [0.1, 0.15) is 10.6 Å². The van der Waals surface area contributed by atoms with Gasteiger partial charge in [-0.2, -0.15) is 0 Å². The predicted octanol–water partition coefficient (Wildman–Crippen LogP) is 3.58. The molecule has 1 amide bonds. The molecule has 2 heterocycles. The molecule has 1 aromatic heterocycles. The van der Waals surface area contributed by atoms with Crippen molar-refractivity contribution in [3.05, 3.63) is 41.2 Å². The molecule has 1 aromatic carbocycles. The van der Waals surface area contributed by atoms with Crippen LogP contribution in [0.2, 0.25) is 0 Å². The van der Waals surface area contributed by atoms with Gasteiger partial charge >= 0.3 is 6.36 Å². The molecule has 0 aliphatic carbocycles. The summed E-state index contributed by atoms with van der Waals surface area (Å²) in [5.74, 6) is -0.815. The molecule has 0 unspecified atom stereocenters. The van der Waals surface area contributed by atoms with Gasteiger partial charge in [0.25, 0.3) is 15.9 Å². The maximum atomic E-state index is 13.1. The quantitative estimate of drug-likeness (QED) is 0.763. The molecule has 7 nitrogen and oxygen atoms in total. The van der Waals surface area contributed by atoms with E-state index >= 15 is 0 Å². The number of alkyl halides is 3. The number of hydrogen-bond acceptors (Lipinski definition) is 4. The summed E-state index contributed by atoms with van der Waals surface area (Å²) < 4.78 is 70.9. The van der Waals surface area contributed by atoms with E-state index in [1.807, 2.05) is 0 Å². The first-order valence-electron chi connectivity index (χ1n) is 9.24. The van der Waals surface area contributed by atoms with E-state index in [4.69, 9.17) is 0 Å². The molecule has 0 atom stereocenters. The number of rotatable bonds is 5. The van der Waals surface area contributed by atoms with E-state index in [2.05, 4.69) is 9.46 Å². The summed E-state index contributed by atoms with van der Waals surface area (Å²) in [4.78, 5) is 14.5. The highest BCUT2D eigenvalue weighted by atomic mass is 32.2. The molecule has 0 radical (unpaired) electrons. The molecule has 11 heteroatoms. The van der Waals surface area contributed by atoms with Gasteiger partial charge in [-0.1, -0.05) is 0 Å². The summed E-state index contributed by atoms with van der Waals surface area (Å²) in [6, 6.07) is 4.33. The highest BCUT2D eigenvalue weighted by Gasteiger charge is 2.34. The molecule has 30 heavy (non-hydrogen) atoms. The number of ether oxygens (including phenoxy) is 1. The molecular weight excluding hydrogens is 423 g/mol. The lowest BCUT2D eigenvalue weighted by atomic mass is 10.2. The second-order valence-corrected chi connectivity index (χ2v) is 8.73. The van der Waals surface area contributed by atoms with E-state index in [1.165, 1.54) is 0 Å². The lowest BCUT2D eigenvalue weighted by Crippen LogP contribution is -2.30. The van der Waals surface area contributed by atoms with Crippen LogP contribution in [0.3, 0.4) is 0 Å². The normalized spacial score (nSPS) is 14.8. The average Bonchev–Trinajstić information content (AvgIpc) is 3.25. The van der Waals surface area contributed by atoms with Gasteiger partial charge in [-0.3, -0.25) is 9.52 Å². The third kappa shape index (κ3) is 4.40. The topological polar surface area (TPSA) is 80.6 Å². The Balaban J connectivity index is 1.94. The fraction of sp³-hybridized carbons (Fsp3) is 0.421. The van der Waals surface area contributed by atoms with Gasteiger partial charge in [-0.15, -0.1) is 13.2 Å². The van der Waals surface area contributed by atoms with Crippen LogP contribution >= 0.6 is 0 Å². The van der Waals surface area contributed by atoms with Crippen LogP contribution in [0.1, 0.15) is 34.6 Å². The van der Waals surface area contributed by atoms with Crippen molar-refractivity contribution < 1.29 is 31.1 Å². The number of carbonyl (C=O) groups excluding carboxylic acids is 1. The second kappa shape index (κ2) is 7.86. The van der Waals surface area contributed by atoms with E-state index in [0.29, 0.717) is 24.5 Å². The molecule has 1 saturated heterocycles. The Bertz CT molecular complexity index is 1050. The van der Waals surface area contributed by atoms with E-state index < -0.39 is 22.1 Å². The number of carbonyl (C=O) groups is 1. The average molecular weight is 445 g/mol.